The lowest BCUT2D eigenvalue weighted by atomic mass is 10.2. The lowest BCUT2D eigenvalue weighted by Crippen LogP contribution is -2.40. The molecule has 1 amide bonds. The monoisotopic (exact) mass is 342 g/mol. The molecule has 1 atom stereocenters. The summed E-state index contributed by atoms with van der Waals surface area (Å²) < 4.78 is 5.83. The molecule has 0 aromatic heterocycles. The van der Waals surface area contributed by atoms with Crippen LogP contribution in [0.2, 0.25) is 0 Å². The number of carbonyl (C=O) groups is 2. The molecule has 2 N–H and O–H groups in total. The summed E-state index contributed by atoms with van der Waals surface area (Å²) in [7, 11) is 1.59. The molecule has 0 aliphatic rings. The van der Waals surface area contributed by atoms with Crippen LogP contribution in [0.4, 0.5) is 5.69 Å². The van der Waals surface area contributed by atoms with Crippen molar-refractivity contribution in [3.8, 4) is 11.5 Å². The van der Waals surface area contributed by atoms with Gasteiger partial charge in [-0.3, -0.25) is 14.5 Å². The number of carboxylic acids is 1. The van der Waals surface area contributed by atoms with Crippen LogP contribution in [0.25, 0.3) is 0 Å². The van der Waals surface area contributed by atoms with E-state index >= 15 is 0 Å². The molecule has 2 aromatic carbocycles. The summed E-state index contributed by atoms with van der Waals surface area (Å²) in [4.78, 5) is 24.6. The predicted octanol–water partition coefficient (Wildman–Crippen LogP) is 3.13. The number of anilines is 1. The zero-order valence-corrected chi connectivity index (χ0v) is 14.5. The van der Waals surface area contributed by atoms with Gasteiger partial charge < -0.3 is 15.2 Å². The standard InChI is InChI=1S/C19H22N2O4/c1-13-8-10-15(11-9-13)25-17-7-5-4-6-16(17)20-18(22)12-21(3)14(2)19(23)24/h4-11,14H,12H2,1-3H3,(H,20,22)(H,23,24). The van der Waals surface area contributed by atoms with Crippen molar-refractivity contribution in [2.45, 2.75) is 19.9 Å². The van der Waals surface area contributed by atoms with Gasteiger partial charge >= 0.3 is 5.97 Å². The lowest BCUT2D eigenvalue weighted by Gasteiger charge is -2.20. The van der Waals surface area contributed by atoms with Crippen molar-refractivity contribution >= 4 is 17.6 Å². The zero-order chi connectivity index (χ0) is 18.4. The van der Waals surface area contributed by atoms with Crippen molar-refractivity contribution in [2.24, 2.45) is 0 Å². The Balaban J connectivity index is 2.06. The van der Waals surface area contributed by atoms with E-state index in [0.717, 1.165) is 5.56 Å². The number of rotatable bonds is 7. The summed E-state index contributed by atoms with van der Waals surface area (Å²) in [5, 5.41) is 11.8. The molecule has 6 heteroatoms. The topological polar surface area (TPSA) is 78.9 Å². The number of benzene rings is 2. The molecule has 25 heavy (non-hydrogen) atoms. The summed E-state index contributed by atoms with van der Waals surface area (Å²) in [5.41, 5.74) is 1.66. The van der Waals surface area contributed by atoms with Crippen molar-refractivity contribution in [3.05, 3.63) is 54.1 Å². The highest BCUT2D eigenvalue weighted by atomic mass is 16.5. The Bertz CT molecular complexity index is 743. The molecule has 0 saturated heterocycles. The summed E-state index contributed by atoms with van der Waals surface area (Å²) >= 11 is 0. The molecule has 0 bridgehead atoms. The number of carbonyl (C=O) groups excluding carboxylic acids is 1. The Morgan fingerprint density at radius 3 is 2.44 bits per heavy atom. The van der Waals surface area contributed by atoms with Gasteiger partial charge in [0.05, 0.1) is 12.2 Å². The average molecular weight is 342 g/mol. The Labute approximate surface area is 147 Å². The average Bonchev–Trinajstić information content (AvgIpc) is 2.57. The molecule has 6 nitrogen and oxygen atoms in total. The van der Waals surface area contributed by atoms with E-state index in [1.54, 1.807) is 25.2 Å². The number of carboxylic acid groups (broad SMARTS) is 1. The van der Waals surface area contributed by atoms with Crippen molar-refractivity contribution in [2.75, 3.05) is 18.9 Å². The molecular formula is C19H22N2O4. The minimum absolute atomic E-state index is 0.0354. The van der Waals surface area contributed by atoms with Gasteiger partial charge in [-0.15, -0.1) is 0 Å². The highest BCUT2D eigenvalue weighted by molar-refractivity contribution is 5.94. The van der Waals surface area contributed by atoms with Gasteiger partial charge in [0.15, 0.2) is 5.75 Å². The minimum atomic E-state index is -0.974. The van der Waals surface area contributed by atoms with Gasteiger partial charge in [0.2, 0.25) is 5.91 Å². The molecule has 0 aliphatic heterocycles. The largest absolute Gasteiger partial charge is 0.480 e. The summed E-state index contributed by atoms with van der Waals surface area (Å²) in [6.07, 6.45) is 0. The highest BCUT2D eigenvalue weighted by Crippen LogP contribution is 2.29. The molecule has 2 rings (SSSR count). The molecule has 1 unspecified atom stereocenters. The fraction of sp³-hybridized carbons (Fsp3) is 0.263. The molecule has 132 valence electrons. The van der Waals surface area contributed by atoms with Crippen LogP contribution in [-0.4, -0.2) is 41.5 Å². The number of aliphatic carboxylic acids is 1. The molecular weight excluding hydrogens is 320 g/mol. The summed E-state index contributed by atoms with van der Waals surface area (Å²) in [5.74, 6) is -0.0912. The van der Waals surface area contributed by atoms with E-state index in [1.807, 2.05) is 37.3 Å². The first kappa shape index (κ1) is 18.5. The molecule has 0 spiro atoms. The number of aryl methyl sites for hydroxylation is 1. The third-order valence-electron chi connectivity index (χ3n) is 3.82. The van der Waals surface area contributed by atoms with E-state index in [1.165, 1.54) is 11.8 Å². The Morgan fingerprint density at radius 2 is 1.80 bits per heavy atom. The van der Waals surface area contributed by atoms with Crippen LogP contribution in [0.3, 0.4) is 0 Å². The molecule has 0 saturated carbocycles. The lowest BCUT2D eigenvalue weighted by molar-refractivity contribution is -0.142. The zero-order valence-electron chi connectivity index (χ0n) is 14.5. The number of nitrogens with one attached hydrogen (secondary N) is 1. The highest BCUT2D eigenvalue weighted by Gasteiger charge is 2.19. The molecule has 0 heterocycles. The minimum Gasteiger partial charge on any atom is -0.480 e. The maximum atomic E-state index is 12.2. The van der Waals surface area contributed by atoms with Gasteiger partial charge in [-0.2, -0.15) is 0 Å². The number of likely N-dealkylation sites (N-methyl/N-ethyl adjacent to an activating group) is 1. The Hall–Kier alpha value is -2.86. The number of hydrogen-bond acceptors (Lipinski definition) is 4. The van der Waals surface area contributed by atoms with E-state index in [2.05, 4.69) is 5.32 Å². The van der Waals surface area contributed by atoms with Gasteiger partial charge in [-0.05, 0) is 45.2 Å². The summed E-state index contributed by atoms with van der Waals surface area (Å²) in [6.45, 7) is 3.49. The van der Waals surface area contributed by atoms with Gasteiger partial charge in [0.25, 0.3) is 0 Å². The quantitative estimate of drug-likeness (QED) is 0.808. The van der Waals surface area contributed by atoms with Gasteiger partial charge in [-0.1, -0.05) is 29.8 Å². The number of hydrogen-bond donors (Lipinski definition) is 2. The van der Waals surface area contributed by atoms with Crippen molar-refractivity contribution in [3.63, 3.8) is 0 Å². The van der Waals surface area contributed by atoms with Gasteiger partial charge in [0, 0.05) is 0 Å². The molecule has 0 fully saturated rings. The maximum absolute atomic E-state index is 12.2. The third kappa shape index (κ3) is 5.32. The van der Waals surface area contributed by atoms with Crippen molar-refractivity contribution in [1.29, 1.82) is 0 Å². The van der Waals surface area contributed by atoms with E-state index < -0.39 is 12.0 Å². The Kier molecular flexibility index (Phi) is 6.14. The second-order valence-electron chi connectivity index (χ2n) is 5.89. The fourth-order valence-electron chi connectivity index (χ4n) is 2.13. The van der Waals surface area contributed by atoms with Crippen LogP contribution in [0.1, 0.15) is 12.5 Å². The number of nitrogens with zero attached hydrogens (tertiary/aromatic N) is 1. The summed E-state index contributed by atoms with van der Waals surface area (Å²) in [6, 6.07) is 14.0. The SMILES string of the molecule is Cc1ccc(Oc2ccccc2NC(=O)CN(C)C(C)C(=O)O)cc1. The van der Waals surface area contributed by atoms with E-state index in [-0.39, 0.29) is 12.5 Å². The van der Waals surface area contributed by atoms with E-state index in [9.17, 15) is 9.59 Å². The van der Waals surface area contributed by atoms with Crippen LogP contribution in [-0.2, 0) is 9.59 Å². The van der Waals surface area contributed by atoms with Crippen LogP contribution in [0, 0.1) is 6.92 Å². The Morgan fingerprint density at radius 1 is 1.16 bits per heavy atom. The number of para-hydroxylation sites is 2. The first-order valence-corrected chi connectivity index (χ1v) is 7.93. The van der Waals surface area contributed by atoms with Crippen LogP contribution in [0.5, 0.6) is 11.5 Å². The van der Waals surface area contributed by atoms with Crippen LogP contribution in [0.15, 0.2) is 48.5 Å². The first-order valence-electron chi connectivity index (χ1n) is 7.93. The predicted molar refractivity (Wildman–Crippen MR) is 96.1 cm³/mol. The third-order valence-corrected chi connectivity index (χ3v) is 3.82. The van der Waals surface area contributed by atoms with E-state index in [0.29, 0.717) is 17.2 Å². The molecule has 0 radical (unpaired) electrons. The second kappa shape index (κ2) is 8.30. The smallest absolute Gasteiger partial charge is 0.320 e. The first-order chi connectivity index (χ1) is 11.9. The molecule has 0 aliphatic carbocycles. The number of ether oxygens (including phenoxy) is 1. The van der Waals surface area contributed by atoms with Crippen molar-refractivity contribution in [1.82, 2.24) is 4.90 Å². The fourth-order valence-corrected chi connectivity index (χ4v) is 2.13. The second-order valence-corrected chi connectivity index (χ2v) is 5.89. The van der Waals surface area contributed by atoms with Crippen LogP contribution < -0.4 is 10.1 Å². The number of amides is 1. The normalized spacial score (nSPS) is 11.8. The van der Waals surface area contributed by atoms with Crippen LogP contribution >= 0.6 is 0 Å². The van der Waals surface area contributed by atoms with Gasteiger partial charge in [0.1, 0.15) is 11.8 Å². The van der Waals surface area contributed by atoms with Crippen molar-refractivity contribution < 1.29 is 19.4 Å². The van der Waals surface area contributed by atoms with E-state index in [4.69, 9.17) is 9.84 Å². The maximum Gasteiger partial charge on any atom is 0.320 e. The van der Waals surface area contributed by atoms with Gasteiger partial charge in [-0.25, -0.2) is 0 Å². The molecule has 2 aromatic rings.